The summed E-state index contributed by atoms with van der Waals surface area (Å²) in [4.78, 5) is 4.22. The lowest BCUT2D eigenvalue weighted by Crippen LogP contribution is -1.92. The normalized spacial score (nSPS) is 11.1. The first-order valence-corrected chi connectivity index (χ1v) is 6.28. The van der Waals surface area contributed by atoms with Crippen LogP contribution in [0.3, 0.4) is 0 Å². The van der Waals surface area contributed by atoms with Crippen LogP contribution in [0.15, 0.2) is 52.0 Å². The lowest BCUT2D eigenvalue weighted by molar-refractivity contribution is 0.373. The number of oxazole rings is 1. The maximum Gasteiger partial charge on any atom is 0.316 e. The van der Waals surface area contributed by atoms with E-state index in [1.54, 1.807) is 18.2 Å². The zero-order valence-electron chi connectivity index (χ0n) is 11.3. The van der Waals surface area contributed by atoms with Crippen LogP contribution in [0.5, 0.6) is 11.5 Å². The molecule has 6 nitrogen and oxygen atoms in total. The molecular formula is C15H13N3O3. The average molecular weight is 283 g/mol. The lowest BCUT2D eigenvalue weighted by Gasteiger charge is -2.04. The largest absolute Gasteiger partial charge is 0.504 e. The van der Waals surface area contributed by atoms with Gasteiger partial charge >= 0.3 is 6.01 Å². The van der Waals surface area contributed by atoms with E-state index >= 15 is 0 Å². The maximum absolute atomic E-state index is 9.92. The number of phenolic OH excluding ortho intramolecular Hbond substituents is 1. The van der Waals surface area contributed by atoms with E-state index in [-0.39, 0.29) is 11.8 Å². The van der Waals surface area contributed by atoms with Crippen LogP contribution < -0.4 is 10.2 Å². The molecule has 1 heterocycles. The number of rotatable bonds is 4. The zero-order chi connectivity index (χ0) is 14.7. The number of aromatic nitrogens is 1. The third kappa shape index (κ3) is 2.64. The number of phenols is 1. The summed E-state index contributed by atoms with van der Waals surface area (Å²) in [5, 5.41) is 13.9. The third-order valence-corrected chi connectivity index (χ3v) is 2.91. The van der Waals surface area contributed by atoms with E-state index in [1.165, 1.54) is 13.3 Å². The van der Waals surface area contributed by atoms with Crippen molar-refractivity contribution < 1.29 is 14.3 Å². The molecular weight excluding hydrogens is 270 g/mol. The standard InChI is InChI=1S/C15H13N3O3/c1-20-13-8-4-5-10(14(13)19)9-16-18-15-17-11-6-2-3-7-12(11)21-15/h2-9,19H,1H3,(H,17,18)/b16-9+. The van der Waals surface area contributed by atoms with Gasteiger partial charge in [-0.15, -0.1) is 0 Å². The van der Waals surface area contributed by atoms with Gasteiger partial charge in [0.25, 0.3) is 0 Å². The molecule has 0 saturated carbocycles. The van der Waals surface area contributed by atoms with E-state index < -0.39 is 0 Å². The highest BCUT2D eigenvalue weighted by atomic mass is 16.5. The molecule has 3 rings (SSSR count). The molecule has 106 valence electrons. The molecule has 0 amide bonds. The summed E-state index contributed by atoms with van der Waals surface area (Å²) in [5.74, 6) is 0.420. The number of anilines is 1. The predicted octanol–water partition coefficient (Wildman–Crippen LogP) is 2.99. The Morgan fingerprint density at radius 1 is 1.24 bits per heavy atom. The molecule has 0 fully saturated rings. The lowest BCUT2D eigenvalue weighted by atomic mass is 10.2. The molecule has 0 radical (unpaired) electrons. The van der Waals surface area contributed by atoms with Gasteiger partial charge in [-0.05, 0) is 24.3 Å². The van der Waals surface area contributed by atoms with Crippen molar-refractivity contribution in [2.45, 2.75) is 0 Å². The molecule has 0 aliphatic heterocycles. The predicted molar refractivity (Wildman–Crippen MR) is 79.9 cm³/mol. The van der Waals surface area contributed by atoms with Crippen LogP contribution in [-0.4, -0.2) is 23.4 Å². The summed E-state index contributed by atoms with van der Waals surface area (Å²) in [5.41, 5.74) is 4.64. The zero-order valence-corrected chi connectivity index (χ0v) is 11.3. The number of nitrogens with one attached hydrogen (secondary N) is 1. The van der Waals surface area contributed by atoms with E-state index in [2.05, 4.69) is 15.5 Å². The fourth-order valence-corrected chi connectivity index (χ4v) is 1.89. The van der Waals surface area contributed by atoms with Gasteiger partial charge in [0.15, 0.2) is 17.1 Å². The van der Waals surface area contributed by atoms with Crippen LogP contribution in [0.4, 0.5) is 6.01 Å². The second-order valence-corrected chi connectivity index (χ2v) is 4.25. The second-order valence-electron chi connectivity index (χ2n) is 4.25. The summed E-state index contributed by atoms with van der Waals surface area (Å²) in [6, 6.07) is 12.9. The van der Waals surface area contributed by atoms with Crippen molar-refractivity contribution in [3.05, 3.63) is 48.0 Å². The Morgan fingerprint density at radius 2 is 2.10 bits per heavy atom. The number of nitrogens with zero attached hydrogens (tertiary/aromatic N) is 2. The van der Waals surface area contributed by atoms with E-state index in [9.17, 15) is 5.11 Å². The second kappa shape index (κ2) is 5.54. The minimum atomic E-state index is 0.0307. The van der Waals surface area contributed by atoms with Gasteiger partial charge in [0.2, 0.25) is 0 Å². The summed E-state index contributed by atoms with van der Waals surface area (Å²) < 4.78 is 10.5. The van der Waals surface area contributed by atoms with Crippen LogP contribution in [0.2, 0.25) is 0 Å². The number of hydrogen-bond donors (Lipinski definition) is 2. The first-order chi connectivity index (χ1) is 10.3. The number of para-hydroxylation sites is 3. The van der Waals surface area contributed by atoms with Gasteiger partial charge in [-0.3, -0.25) is 0 Å². The van der Waals surface area contributed by atoms with Crippen LogP contribution in [0, 0.1) is 0 Å². The van der Waals surface area contributed by atoms with Crippen molar-refractivity contribution in [3.63, 3.8) is 0 Å². The van der Waals surface area contributed by atoms with Gasteiger partial charge in [-0.2, -0.15) is 10.1 Å². The Kier molecular flexibility index (Phi) is 3.42. The molecule has 0 bridgehead atoms. The van der Waals surface area contributed by atoms with Crippen molar-refractivity contribution in [2.24, 2.45) is 5.10 Å². The fourth-order valence-electron chi connectivity index (χ4n) is 1.89. The third-order valence-electron chi connectivity index (χ3n) is 2.91. The molecule has 21 heavy (non-hydrogen) atoms. The molecule has 0 spiro atoms. The van der Waals surface area contributed by atoms with Gasteiger partial charge in [0.1, 0.15) is 5.52 Å². The Bertz CT molecular complexity index is 763. The van der Waals surface area contributed by atoms with E-state index in [4.69, 9.17) is 9.15 Å². The summed E-state index contributed by atoms with van der Waals surface area (Å²) >= 11 is 0. The molecule has 0 aliphatic rings. The van der Waals surface area contributed by atoms with Crippen LogP contribution >= 0.6 is 0 Å². The first-order valence-electron chi connectivity index (χ1n) is 6.28. The highest BCUT2D eigenvalue weighted by Crippen LogP contribution is 2.28. The molecule has 2 aromatic carbocycles. The molecule has 6 heteroatoms. The van der Waals surface area contributed by atoms with E-state index in [1.807, 2.05) is 24.3 Å². The molecule has 3 aromatic rings. The number of benzene rings is 2. The SMILES string of the molecule is COc1cccc(/C=N/Nc2nc3ccccc3o2)c1O. The monoisotopic (exact) mass is 283 g/mol. The van der Waals surface area contributed by atoms with Gasteiger partial charge in [0.05, 0.1) is 13.3 Å². The number of methoxy groups -OCH3 is 1. The van der Waals surface area contributed by atoms with E-state index in [0.29, 0.717) is 16.9 Å². The number of fused-ring (bicyclic) bond motifs is 1. The van der Waals surface area contributed by atoms with Crippen molar-refractivity contribution >= 4 is 23.3 Å². The van der Waals surface area contributed by atoms with Crippen molar-refractivity contribution in [2.75, 3.05) is 12.5 Å². The van der Waals surface area contributed by atoms with Crippen molar-refractivity contribution in [1.29, 1.82) is 0 Å². The van der Waals surface area contributed by atoms with Crippen LogP contribution in [-0.2, 0) is 0 Å². The smallest absolute Gasteiger partial charge is 0.316 e. The quantitative estimate of drug-likeness (QED) is 0.568. The summed E-state index contributed by atoms with van der Waals surface area (Å²) in [6.45, 7) is 0. The first kappa shape index (κ1) is 13.0. The number of hydrogen-bond acceptors (Lipinski definition) is 6. The molecule has 1 aromatic heterocycles. The summed E-state index contributed by atoms with van der Waals surface area (Å²) in [6.07, 6.45) is 1.46. The Balaban J connectivity index is 1.78. The Morgan fingerprint density at radius 3 is 2.90 bits per heavy atom. The maximum atomic E-state index is 9.92. The van der Waals surface area contributed by atoms with Gasteiger partial charge in [-0.1, -0.05) is 18.2 Å². The van der Waals surface area contributed by atoms with E-state index in [0.717, 1.165) is 5.52 Å². The molecule has 0 atom stereocenters. The fraction of sp³-hybridized carbons (Fsp3) is 0.0667. The van der Waals surface area contributed by atoms with Crippen LogP contribution in [0.25, 0.3) is 11.1 Å². The number of ether oxygens (including phenoxy) is 1. The van der Waals surface area contributed by atoms with Crippen LogP contribution in [0.1, 0.15) is 5.56 Å². The topological polar surface area (TPSA) is 79.9 Å². The van der Waals surface area contributed by atoms with Gasteiger partial charge in [-0.25, -0.2) is 5.43 Å². The van der Waals surface area contributed by atoms with Crippen molar-refractivity contribution in [1.82, 2.24) is 4.98 Å². The van der Waals surface area contributed by atoms with Gasteiger partial charge < -0.3 is 14.3 Å². The summed E-state index contributed by atoms with van der Waals surface area (Å²) in [7, 11) is 1.49. The Labute approximate surface area is 120 Å². The minimum Gasteiger partial charge on any atom is -0.504 e. The molecule has 0 unspecified atom stereocenters. The highest BCUT2D eigenvalue weighted by molar-refractivity contribution is 5.85. The van der Waals surface area contributed by atoms with Crippen molar-refractivity contribution in [3.8, 4) is 11.5 Å². The number of hydrazone groups is 1. The average Bonchev–Trinajstić information content (AvgIpc) is 2.91. The highest BCUT2D eigenvalue weighted by Gasteiger charge is 2.05. The molecule has 0 saturated heterocycles. The Hall–Kier alpha value is -3.02. The molecule has 2 N–H and O–H groups in total. The minimum absolute atomic E-state index is 0.0307. The van der Waals surface area contributed by atoms with Gasteiger partial charge in [0, 0.05) is 5.56 Å². The molecule has 0 aliphatic carbocycles. The number of aromatic hydroxyl groups is 1.